The molecule has 1 amide bonds. The number of benzene rings is 1. The van der Waals surface area contributed by atoms with E-state index in [1.165, 1.54) is 4.31 Å². The summed E-state index contributed by atoms with van der Waals surface area (Å²) in [4.78, 5) is 14.3. The van der Waals surface area contributed by atoms with E-state index in [2.05, 4.69) is 6.92 Å². The Kier molecular flexibility index (Phi) is 5.81. The van der Waals surface area contributed by atoms with Gasteiger partial charge in [0, 0.05) is 19.6 Å². The molecular formula is C17H26N2O3S. The van der Waals surface area contributed by atoms with Crippen molar-refractivity contribution in [3.8, 4) is 0 Å². The zero-order chi connectivity index (χ0) is 17.0. The molecule has 0 spiro atoms. The molecule has 5 nitrogen and oxygen atoms in total. The lowest BCUT2D eigenvalue weighted by molar-refractivity contribution is -0.133. The maximum absolute atomic E-state index is 12.5. The van der Waals surface area contributed by atoms with Crippen molar-refractivity contribution >= 4 is 15.9 Å². The first kappa shape index (κ1) is 17.9. The van der Waals surface area contributed by atoms with Crippen LogP contribution < -0.4 is 0 Å². The summed E-state index contributed by atoms with van der Waals surface area (Å²) >= 11 is 0. The summed E-state index contributed by atoms with van der Waals surface area (Å²) in [5, 5.41) is 0. The molecule has 0 unspecified atom stereocenters. The second-order valence-electron chi connectivity index (χ2n) is 6.60. The predicted octanol–water partition coefficient (Wildman–Crippen LogP) is 2.02. The normalized spacial score (nSPS) is 19.1. The summed E-state index contributed by atoms with van der Waals surface area (Å²) in [5.41, 5.74) is 2.01. The van der Waals surface area contributed by atoms with E-state index in [1.807, 2.05) is 31.2 Å². The fourth-order valence-electron chi connectivity index (χ4n) is 2.85. The Labute approximate surface area is 139 Å². The Bertz CT molecular complexity index is 640. The lowest BCUT2D eigenvalue weighted by atomic mass is 10.0. The number of carbonyl (C=O) groups excluding carboxylic acids is 1. The van der Waals surface area contributed by atoms with Crippen molar-refractivity contribution in [1.29, 1.82) is 0 Å². The molecule has 0 radical (unpaired) electrons. The summed E-state index contributed by atoms with van der Waals surface area (Å²) in [5.74, 6) is 0.380. The van der Waals surface area contributed by atoms with E-state index in [0.29, 0.717) is 5.92 Å². The van der Waals surface area contributed by atoms with Gasteiger partial charge in [-0.25, -0.2) is 8.42 Å². The van der Waals surface area contributed by atoms with Crippen molar-refractivity contribution in [3.05, 3.63) is 35.4 Å². The summed E-state index contributed by atoms with van der Waals surface area (Å²) in [7, 11) is -3.43. The number of nitrogens with zero attached hydrogens (tertiary/aromatic N) is 2. The first-order valence-corrected chi connectivity index (χ1v) is 9.89. The molecule has 1 aromatic rings. The summed E-state index contributed by atoms with van der Waals surface area (Å²) in [6, 6.07) is 7.70. The quantitative estimate of drug-likeness (QED) is 0.825. The largest absolute Gasteiger partial charge is 0.341 e. The molecule has 1 aliphatic heterocycles. The van der Waals surface area contributed by atoms with Gasteiger partial charge in [-0.05, 0) is 31.2 Å². The number of hydrogen-bond donors (Lipinski definition) is 0. The Hall–Kier alpha value is -1.40. The van der Waals surface area contributed by atoms with Crippen LogP contribution in [0.1, 0.15) is 30.9 Å². The van der Waals surface area contributed by atoms with E-state index >= 15 is 0 Å². The highest BCUT2D eigenvalue weighted by atomic mass is 32.2. The molecular weight excluding hydrogens is 312 g/mol. The smallest absolute Gasteiger partial charge is 0.237 e. The highest BCUT2D eigenvalue weighted by Crippen LogP contribution is 2.17. The van der Waals surface area contributed by atoms with Gasteiger partial charge >= 0.3 is 0 Å². The molecule has 6 heteroatoms. The van der Waals surface area contributed by atoms with E-state index in [-0.39, 0.29) is 19.0 Å². The number of carbonyl (C=O) groups is 1. The second-order valence-corrected chi connectivity index (χ2v) is 8.59. The standard InChI is InChI=1S/C17H26N2O3S/c1-14-6-8-16(9-7-14)12-19(23(3,21)22)13-17(20)18-10-4-5-15(2)11-18/h6-9,15H,4-5,10-13H2,1-3H3/t15-/m1/s1. The molecule has 0 N–H and O–H groups in total. The Morgan fingerprint density at radius 2 is 1.96 bits per heavy atom. The van der Waals surface area contributed by atoms with E-state index < -0.39 is 10.0 Å². The first-order valence-electron chi connectivity index (χ1n) is 8.04. The van der Waals surface area contributed by atoms with Crippen LogP contribution in [-0.2, 0) is 21.4 Å². The molecule has 1 heterocycles. The first-order chi connectivity index (χ1) is 10.8. The van der Waals surface area contributed by atoms with Gasteiger partial charge in [0.1, 0.15) is 0 Å². The predicted molar refractivity (Wildman–Crippen MR) is 91.4 cm³/mol. The van der Waals surface area contributed by atoms with Crippen LogP contribution in [-0.4, -0.2) is 49.4 Å². The number of sulfonamides is 1. The van der Waals surface area contributed by atoms with Gasteiger partial charge in [-0.15, -0.1) is 0 Å². The molecule has 1 fully saturated rings. The fourth-order valence-corrected chi connectivity index (χ4v) is 3.58. The Morgan fingerprint density at radius 1 is 1.30 bits per heavy atom. The molecule has 0 bridgehead atoms. The van der Waals surface area contributed by atoms with Crippen LogP contribution >= 0.6 is 0 Å². The van der Waals surface area contributed by atoms with Crippen molar-refractivity contribution in [3.63, 3.8) is 0 Å². The van der Waals surface area contributed by atoms with Crippen molar-refractivity contribution in [2.75, 3.05) is 25.9 Å². The Balaban J connectivity index is 2.06. The minimum Gasteiger partial charge on any atom is -0.341 e. The molecule has 2 rings (SSSR count). The van der Waals surface area contributed by atoms with Crippen molar-refractivity contribution < 1.29 is 13.2 Å². The Morgan fingerprint density at radius 3 is 2.52 bits per heavy atom. The molecule has 0 aromatic heterocycles. The van der Waals surface area contributed by atoms with Crippen LogP contribution in [0, 0.1) is 12.8 Å². The maximum atomic E-state index is 12.5. The molecule has 1 aliphatic rings. The molecule has 128 valence electrons. The molecule has 1 saturated heterocycles. The monoisotopic (exact) mass is 338 g/mol. The van der Waals surface area contributed by atoms with Crippen LogP contribution in [0.15, 0.2) is 24.3 Å². The van der Waals surface area contributed by atoms with E-state index in [1.54, 1.807) is 4.90 Å². The average Bonchev–Trinajstić information content (AvgIpc) is 2.47. The number of likely N-dealkylation sites (tertiary alicyclic amines) is 1. The molecule has 0 aliphatic carbocycles. The zero-order valence-electron chi connectivity index (χ0n) is 14.2. The topological polar surface area (TPSA) is 57.7 Å². The van der Waals surface area contributed by atoms with Gasteiger partial charge in [-0.1, -0.05) is 36.8 Å². The minimum absolute atomic E-state index is 0.0839. The highest BCUT2D eigenvalue weighted by molar-refractivity contribution is 7.88. The number of amides is 1. The number of hydrogen-bond acceptors (Lipinski definition) is 3. The molecule has 1 atom stereocenters. The van der Waals surface area contributed by atoms with Gasteiger partial charge in [-0.3, -0.25) is 4.79 Å². The van der Waals surface area contributed by atoms with Crippen LogP contribution in [0.3, 0.4) is 0 Å². The highest BCUT2D eigenvalue weighted by Gasteiger charge is 2.26. The third kappa shape index (κ3) is 5.32. The summed E-state index contributed by atoms with van der Waals surface area (Å²) in [6.45, 7) is 5.71. The molecule has 1 aromatic carbocycles. The fraction of sp³-hybridized carbons (Fsp3) is 0.588. The van der Waals surface area contributed by atoms with Crippen molar-refractivity contribution in [1.82, 2.24) is 9.21 Å². The van der Waals surface area contributed by atoms with Gasteiger partial charge < -0.3 is 4.90 Å². The van der Waals surface area contributed by atoms with Crippen LogP contribution in [0.2, 0.25) is 0 Å². The summed E-state index contributed by atoms with van der Waals surface area (Å²) in [6.07, 6.45) is 3.28. The third-order valence-electron chi connectivity index (χ3n) is 4.27. The van der Waals surface area contributed by atoms with E-state index in [4.69, 9.17) is 0 Å². The van der Waals surface area contributed by atoms with Crippen LogP contribution in [0.25, 0.3) is 0 Å². The minimum atomic E-state index is -3.43. The van der Waals surface area contributed by atoms with Gasteiger partial charge in [0.25, 0.3) is 0 Å². The maximum Gasteiger partial charge on any atom is 0.237 e. The SMILES string of the molecule is Cc1ccc(CN(CC(=O)N2CCC[C@@H](C)C2)S(C)(=O)=O)cc1. The van der Waals surface area contributed by atoms with Gasteiger partial charge in [0.2, 0.25) is 15.9 Å². The lowest BCUT2D eigenvalue weighted by Crippen LogP contribution is -2.45. The van der Waals surface area contributed by atoms with Gasteiger partial charge in [0.05, 0.1) is 12.8 Å². The van der Waals surface area contributed by atoms with Crippen LogP contribution in [0.5, 0.6) is 0 Å². The average molecular weight is 338 g/mol. The van der Waals surface area contributed by atoms with E-state index in [9.17, 15) is 13.2 Å². The molecule has 0 saturated carbocycles. The third-order valence-corrected chi connectivity index (χ3v) is 5.47. The lowest BCUT2D eigenvalue weighted by Gasteiger charge is -2.32. The number of piperidine rings is 1. The number of aryl methyl sites for hydroxylation is 1. The van der Waals surface area contributed by atoms with Crippen molar-refractivity contribution in [2.45, 2.75) is 33.2 Å². The number of rotatable bonds is 5. The zero-order valence-corrected chi connectivity index (χ0v) is 15.0. The summed E-state index contributed by atoms with van der Waals surface area (Å²) < 4.78 is 25.3. The van der Waals surface area contributed by atoms with Crippen molar-refractivity contribution in [2.24, 2.45) is 5.92 Å². The molecule has 23 heavy (non-hydrogen) atoms. The second kappa shape index (κ2) is 7.45. The van der Waals surface area contributed by atoms with Crippen LogP contribution in [0.4, 0.5) is 0 Å². The van der Waals surface area contributed by atoms with Gasteiger partial charge in [-0.2, -0.15) is 4.31 Å². The van der Waals surface area contributed by atoms with E-state index in [0.717, 1.165) is 43.3 Å². The van der Waals surface area contributed by atoms with Gasteiger partial charge in [0.15, 0.2) is 0 Å².